The third kappa shape index (κ3) is 5.86. The van der Waals surface area contributed by atoms with Crippen molar-refractivity contribution >= 4 is 21.4 Å². The summed E-state index contributed by atoms with van der Waals surface area (Å²) < 4.78 is 22.4. The summed E-state index contributed by atoms with van der Waals surface area (Å²) in [5.41, 5.74) is 0.0531. The second-order valence-corrected chi connectivity index (χ2v) is 7.71. The van der Waals surface area contributed by atoms with Gasteiger partial charge in [0.15, 0.2) is 0 Å². The van der Waals surface area contributed by atoms with E-state index in [0.717, 1.165) is 6.42 Å². The van der Waals surface area contributed by atoms with E-state index in [1.807, 2.05) is 0 Å². The molecule has 0 heterocycles. The van der Waals surface area contributed by atoms with E-state index in [4.69, 9.17) is 11.6 Å². The quantitative estimate of drug-likeness (QED) is 0.693. The van der Waals surface area contributed by atoms with Crippen LogP contribution in [0.2, 0.25) is 0 Å². The van der Waals surface area contributed by atoms with E-state index < -0.39 is 9.84 Å². The van der Waals surface area contributed by atoms with Gasteiger partial charge in [0.05, 0.1) is 5.75 Å². The largest absolute Gasteiger partial charge is 0.229 e. The summed E-state index contributed by atoms with van der Waals surface area (Å²) in [6, 6.07) is 0. The van der Waals surface area contributed by atoms with Gasteiger partial charge in [-0.15, -0.1) is 11.6 Å². The monoisotopic (exact) mass is 240 g/mol. The van der Waals surface area contributed by atoms with Crippen LogP contribution >= 0.6 is 11.6 Å². The predicted molar refractivity (Wildman–Crippen MR) is 62.7 cm³/mol. The van der Waals surface area contributed by atoms with Crippen LogP contribution in [0, 0.1) is 5.41 Å². The maximum atomic E-state index is 11.2. The lowest BCUT2D eigenvalue weighted by Gasteiger charge is -2.24. The molecule has 86 valence electrons. The van der Waals surface area contributed by atoms with Gasteiger partial charge >= 0.3 is 0 Å². The van der Waals surface area contributed by atoms with Crippen LogP contribution in [-0.2, 0) is 9.84 Å². The van der Waals surface area contributed by atoms with Gasteiger partial charge in [-0.2, -0.15) is 0 Å². The molecule has 0 aliphatic heterocycles. The number of hydrogen-bond donors (Lipinski definition) is 0. The van der Waals surface area contributed by atoms with E-state index in [-0.39, 0.29) is 22.3 Å². The normalized spacial score (nSPS) is 15.5. The van der Waals surface area contributed by atoms with Crippen molar-refractivity contribution in [2.45, 2.75) is 45.9 Å². The zero-order chi connectivity index (χ0) is 11.4. The Labute approximate surface area is 93.0 Å². The molecule has 0 rings (SSSR count). The highest BCUT2D eigenvalue weighted by Gasteiger charge is 2.22. The maximum Gasteiger partial charge on any atom is 0.150 e. The van der Waals surface area contributed by atoms with Gasteiger partial charge in [-0.3, -0.25) is 0 Å². The molecule has 0 N–H and O–H groups in total. The first kappa shape index (κ1) is 14.2. The first-order chi connectivity index (χ1) is 6.19. The third-order valence-corrected chi connectivity index (χ3v) is 4.96. The van der Waals surface area contributed by atoms with Crippen LogP contribution in [0.5, 0.6) is 0 Å². The SMILES string of the molecule is CCS(=O)(=O)CCCC(Cl)C(C)(C)C. The van der Waals surface area contributed by atoms with Crippen molar-refractivity contribution < 1.29 is 8.42 Å². The Balaban J connectivity index is 3.87. The van der Waals surface area contributed by atoms with Crippen LogP contribution in [0.15, 0.2) is 0 Å². The second kappa shape index (κ2) is 5.36. The number of alkyl halides is 1. The standard InChI is InChI=1S/C10H21ClO2S/c1-5-14(12,13)8-6-7-9(11)10(2,3)4/h9H,5-8H2,1-4H3. The van der Waals surface area contributed by atoms with Gasteiger partial charge < -0.3 is 0 Å². The molecule has 0 radical (unpaired) electrons. The van der Waals surface area contributed by atoms with Crippen molar-refractivity contribution in [2.75, 3.05) is 11.5 Å². The number of hydrogen-bond acceptors (Lipinski definition) is 2. The highest BCUT2D eigenvalue weighted by Crippen LogP contribution is 2.27. The van der Waals surface area contributed by atoms with Crippen molar-refractivity contribution in [3.05, 3.63) is 0 Å². The average molecular weight is 241 g/mol. The zero-order valence-electron chi connectivity index (χ0n) is 9.51. The van der Waals surface area contributed by atoms with Crippen molar-refractivity contribution in [3.63, 3.8) is 0 Å². The van der Waals surface area contributed by atoms with Crippen LogP contribution in [0.1, 0.15) is 40.5 Å². The van der Waals surface area contributed by atoms with Gasteiger partial charge in [-0.25, -0.2) is 8.42 Å². The maximum absolute atomic E-state index is 11.2. The van der Waals surface area contributed by atoms with Crippen LogP contribution in [-0.4, -0.2) is 25.3 Å². The van der Waals surface area contributed by atoms with Crippen molar-refractivity contribution in [1.82, 2.24) is 0 Å². The molecule has 0 bridgehead atoms. The molecule has 0 spiro atoms. The van der Waals surface area contributed by atoms with E-state index in [1.165, 1.54) is 0 Å². The molecule has 0 aromatic heterocycles. The molecule has 4 heteroatoms. The smallest absolute Gasteiger partial charge is 0.150 e. The van der Waals surface area contributed by atoms with E-state index in [2.05, 4.69) is 20.8 Å². The molecular weight excluding hydrogens is 220 g/mol. The lowest BCUT2D eigenvalue weighted by molar-refractivity contribution is 0.372. The molecule has 0 aromatic rings. The highest BCUT2D eigenvalue weighted by molar-refractivity contribution is 7.91. The fraction of sp³-hybridized carbons (Fsp3) is 1.00. The molecule has 1 atom stereocenters. The minimum atomic E-state index is -2.82. The van der Waals surface area contributed by atoms with Crippen LogP contribution in [0.4, 0.5) is 0 Å². The average Bonchev–Trinajstić information content (AvgIpc) is 2.02. The summed E-state index contributed by atoms with van der Waals surface area (Å²) in [4.78, 5) is 0. The summed E-state index contributed by atoms with van der Waals surface area (Å²) in [6.07, 6.45) is 1.44. The Morgan fingerprint density at radius 1 is 1.29 bits per heavy atom. The number of rotatable bonds is 5. The lowest BCUT2D eigenvalue weighted by Crippen LogP contribution is -2.21. The summed E-state index contributed by atoms with van der Waals surface area (Å²) >= 11 is 6.13. The molecule has 1 unspecified atom stereocenters. The molecular formula is C10H21ClO2S. The topological polar surface area (TPSA) is 34.1 Å². The minimum Gasteiger partial charge on any atom is -0.229 e. The molecule has 0 aromatic carbocycles. The van der Waals surface area contributed by atoms with Crippen LogP contribution in [0.25, 0.3) is 0 Å². The fourth-order valence-electron chi connectivity index (χ4n) is 1.06. The van der Waals surface area contributed by atoms with Crippen molar-refractivity contribution in [2.24, 2.45) is 5.41 Å². The van der Waals surface area contributed by atoms with Crippen LogP contribution < -0.4 is 0 Å². The first-order valence-corrected chi connectivity index (χ1v) is 7.29. The van der Waals surface area contributed by atoms with Crippen LogP contribution in [0.3, 0.4) is 0 Å². The van der Waals surface area contributed by atoms with E-state index >= 15 is 0 Å². The molecule has 0 aliphatic carbocycles. The number of sulfone groups is 1. The Hall–Kier alpha value is 0.240. The van der Waals surface area contributed by atoms with Crippen molar-refractivity contribution in [3.8, 4) is 0 Å². The second-order valence-electron chi connectivity index (χ2n) is 4.71. The summed E-state index contributed by atoms with van der Waals surface area (Å²) in [5, 5.41) is 0.0505. The van der Waals surface area contributed by atoms with Gasteiger partial charge in [0.25, 0.3) is 0 Å². The number of halogens is 1. The first-order valence-electron chi connectivity index (χ1n) is 5.03. The van der Waals surface area contributed by atoms with E-state index in [9.17, 15) is 8.42 Å². The van der Waals surface area contributed by atoms with Gasteiger partial charge in [0, 0.05) is 11.1 Å². The Kier molecular flexibility index (Phi) is 5.45. The predicted octanol–water partition coefficient (Wildman–Crippen LogP) is 2.85. The Morgan fingerprint density at radius 3 is 2.14 bits per heavy atom. The summed E-state index contributed by atoms with van der Waals surface area (Å²) in [6.45, 7) is 7.88. The van der Waals surface area contributed by atoms with Crippen molar-refractivity contribution in [1.29, 1.82) is 0 Å². The highest BCUT2D eigenvalue weighted by atomic mass is 35.5. The zero-order valence-corrected chi connectivity index (χ0v) is 11.1. The minimum absolute atomic E-state index is 0.0505. The van der Waals surface area contributed by atoms with Gasteiger partial charge in [0.2, 0.25) is 0 Å². The van der Waals surface area contributed by atoms with Gasteiger partial charge in [-0.1, -0.05) is 27.7 Å². The molecule has 0 amide bonds. The third-order valence-electron chi connectivity index (χ3n) is 2.29. The lowest BCUT2D eigenvalue weighted by atomic mass is 9.89. The molecule has 14 heavy (non-hydrogen) atoms. The molecule has 0 fully saturated rings. The van der Waals surface area contributed by atoms with E-state index in [1.54, 1.807) is 6.92 Å². The molecule has 2 nitrogen and oxygen atoms in total. The fourth-order valence-corrected chi connectivity index (χ4v) is 2.11. The van der Waals surface area contributed by atoms with Gasteiger partial charge in [-0.05, 0) is 18.3 Å². The molecule has 0 aliphatic rings. The van der Waals surface area contributed by atoms with E-state index in [0.29, 0.717) is 6.42 Å². The van der Waals surface area contributed by atoms with Gasteiger partial charge in [0.1, 0.15) is 9.84 Å². The molecule has 0 saturated carbocycles. The Bertz CT molecular complexity index is 252. The summed E-state index contributed by atoms with van der Waals surface area (Å²) in [7, 11) is -2.82. The molecule has 0 saturated heterocycles. The summed E-state index contributed by atoms with van der Waals surface area (Å²) in [5.74, 6) is 0.498. The Morgan fingerprint density at radius 2 is 1.79 bits per heavy atom.